The molecule has 1 fully saturated rings. The molecule has 1 aromatic carbocycles. The van der Waals surface area contributed by atoms with Crippen molar-refractivity contribution in [2.24, 2.45) is 5.92 Å². The molecule has 1 unspecified atom stereocenters. The van der Waals surface area contributed by atoms with Crippen LogP contribution in [0, 0.1) is 5.92 Å². The fraction of sp³-hybridized carbons (Fsp3) is 0.550. The predicted molar refractivity (Wildman–Crippen MR) is 101 cm³/mol. The molecule has 136 valence electrons. The molecule has 0 bridgehead atoms. The molecule has 1 amide bonds. The van der Waals surface area contributed by atoms with Gasteiger partial charge in [-0.3, -0.25) is 9.69 Å². The first-order valence-electron chi connectivity index (χ1n) is 9.30. The number of nitrogens with zero attached hydrogens (tertiary/aromatic N) is 2. The number of allylic oxidation sites excluding steroid dienone is 2. The Bertz CT molecular complexity index is 577. The van der Waals surface area contributed by atoms with Crippen molar-refractivity contribution in [2.75, 3.05) is 51.7 Å². The maximum absolute atomic E-state index is 12.2. The van der Waals surface area contributed by atoms with E-state index in [-0.39, 0.29) is 11.8 Å². The molecule has 3 rings (SSSR count). The number of likely N-dealkylation sites (N-methyl/N-ethyl adjacent to an activating group) is 1. The van der Waals surface area contributed by atoms with Crippen molar-refractivity contribution in [3.63, 3.8) is 0 Å². The van der Waals surface area contributed by atoms with Crippen molar-refractivity contribution in [3.05, 3.63) is 36.4 Å². The molecule has 5 nitrogen and oxygen atoms in total. The third-order valence-corrected chi connectivity index (χ3v) is 5.03. The highest BCUT2D eigenvalue weighted by Gasteiger charge is 2.18. The van der Waals surface area contributed by atoms with Crippen LogP contribution in [0.4, 0.5) is 5.69 Å². The highest BCUT2D eigenvalue weighted by molar-refractivity contribution is 5.92. The first-order valence-corrected chi connectivity index (χ1v) is 9.30. The van der Waals surface area contributed by atoms with Crippen molar-refractivity contribution in [3.8, 4) is 5.75 Å². The van der Waals surface area contributed by atoms with Crippen molar-refractivity contribution < 1.29 is 9.53 Å². The zero-order valence-corrected chi connectivity index (χ0v) is 15.1. The summed E-state index contributed by atoms with van der Waals surface area (Å²) in [6.45, 7) is 6.14. The van der Waals surface area contributed by atoms with Crippen LogP contribution < -0.4 is 10.1 Å². The molecule has 1 aromatic rings. The third-order valence-electron chi connectivity index (χ3n) is 5.03. The van der Waals surface area contributed by atoms with Crippen LogP contribution in [-0.4, -0.2) is 62.1 Å². The Hall–Kier alpha value is -1.85. The molecule has 1 atom stereocenters. The number of benzene rings is 1. The van der Waals surface area contributed by atoms with E-state index >= 15 is 0 Å². The monoisotopic (exact) mass is 343 g/mol. The average Bonchev–Trinajstić information content (AvgIpc) is 2.65. The standard InChI is InChI=1S/C20H29N3O2/c1-22-11-13-23(14-12-22)15-16-25-19-9-7-18(8-10-19)21-20(24)17-5-3-2-4-6-17/h2-3,7-10,17H,4-6,11-16H2,1H3,(H,21,24). The molecule has 0 aromatic heterocycles. The van der Waals surface area contributed by atoms with E-state index in [2.05, 4.69) is 34.3 Å². The van der Waals surface area contributed by atoms with Crippen LogP contribution in [-0.2, 0) is 4.79 Å². The van der Waals surface area contributed by atoms with Gasteiger partial charge in [-0.05, 0) is 50.6 Å². The molecule has 1 saturated heterocycles. The van der Waals surface area contributed by atoms with Gasteiger partial charge in [0.25, 0.3) is 0 Å². The fourth-order valence-electron chi connectivity index (χ4n) is 3.27. The minimum absolute atomic E-state index is 0.101. The zero-order valence-electron chi connectivity index (χ0n) is 15.1. The van der Waals surface area contributed by atoms with Crippen LogP contribution >= 0.6 is 0 Å². The summed E-state index contributed by atoms with van der Waals surface area (Å²) in [5, 5.41) is 3.01. The van der Waals surface area contributed by atoms with Gasteiger partial charge in [-0.25, -0.2) is 0 Å². The summed E-state index contributed by atoms with van der Waals surface area (Å²) < 4.78 is 5.83. The van der Waals surface area contributed by atoms with Gasteiger partial charge in [-0.15, -0.1) is 0 Å². The number of carbonyl (C=O) groups is 1. The smallest absolute Gasteiger partial charge is 0.227 e. The van der Waals surface area contributed by atoms with Crippen molar-refractivity contribution in [1.29, 1.82) is 0 Å². The molecular formula is C20H29N3O2. The minimum atomic E-state index is 0.101. The van der Waals surface area contributed by atoms with Gasteiger partial charge in [0.1, 0.15) is 12.4 Å². The van der Waals surface area contributed by atoms with Gasteiger partial charge >= 0.3 is 0 Å². The van der Waals surface area contributed by atoms with Gasteiger partial charge in [0.05, 0.1) is 0 Å². The number of amides is 1. The highest BCUT2D eigenvalue weighted by atomic mass is 16.5. The van der Waals surface area contributed by atoms with E-state index in [1.807, 2.05) is 24.3 Å². The maximum Gasteiger partial charge on any atom is 0.227 e. The van der Waals surface area contributed by atoms with E-state index in [1.54, 1.807) is 0 Å². The number of hydrogen-bond donors (Lipinski definition) is 1. The molecule has 1 aliphatic carbocycles. The Labute approximate surface area is 150 Å². The molecule has 0 radical (unpaired) electrons. The second-order valence-corrected chi connectivity index (χ2v) is 6.99. The van der Waals surface area contributed by atoms with Crippen molar-refractivity contribution in [1.82, 2.24) is 9.80 Å². The van der Waals surface area contributed by atoms with Crippen molar-refractivity contribution >= 4 is 11.6 Å². The Morgan fingerprint density at radius 1 is 1.16 bits per heavy atom. The predicted octanol–water partition coefficient (Wildman–Crippen LogP) is 2.61. The number of ether oxygens (including phenoxy) is 1. The van der Waals surface area contributed by atoms with E-state index in [1.165, 1.54) is 0 Å². The molecule has 1 N–H and O–H groups in total. The number of hydrogen-bond acceptors (Lipinski definition) is 4. The van der Waals surface area contributed by atoms with E-state index in [9.17, 15) is 4.79 Å². The molecule has 2 aliphatic rings. The van der Waals surface area contributed by atoms with Gasteiger partial charge in [0.2, 0.25) is 5.91 Å². The van der Waals surface area contributed by atoms with Crippen molar-refractivity contribution in [2.45, 2.75) is 19.3 Å². The second-order valence-electron chi connectivity index (χ2n) is 6.99. The zero-order chi connectivity index (χ0) is 17.5. The third kappa shape index (κ3) is 5.58. The van der Waals surface area contributed by atoms with Crippen LogP contribution in [0.2, 0.25) is 0 Å². The van der Waals surface area contributed by atoms with Gasteiger partial charge < -0.3 is 15.0 Å². The lowest BCUT2D eigenvalue weighted by atomic mass is 9.93. The van der Waals surface area contributed by atoms with E-state index in [0.29, 0.717) is 6.61 Å². The second kappa shape index (κ2) is 9.02. The minimum Gasteiger partial charge on any atom is -0.492 e. The highest BCUT2D eigenvalue weighted by Crippen LogP contribution is 2.21. The molecule has 0 saturated carbocycles. The van der Waals surface area contributed by atoms with Gasteiger partial charge in [0.15, 0.2) is 0 Å². The Morgan fingerprint density at radius 2 is 1.92 bits per heavy atom. The Morgan fingerprint density at radius 3 is 2.60 bits per heavy atom. The number of carbonyl (C=O) groups excluding carboxylic acids is 1. The first-order chi connectivity index (χ1) is 12.2. The molecule has 1 aliphatic heterocycles. The van der Waals surface area contributed by atoms with Crippen LogP contribution in [0.15, 0.2) is 36.4 Å². The molecule has 5 heteroatoms. The summed E-state index contributed by atoms with van der Waals surface area (Å²) in [5.41, 5.74) is 0.839. The van der Waals surface area contributed by atoms with Crippen LogP contribution in [0.3, 0.4) is 0 Å². The molecule has 0 spiro atoms. The summed E-state index contributed by atoms with van der Waals surface area (Å²) in [7, 11) is 2.17. The molecule has 25 heavy (non-hydrogen) atoms. The van der Waals surface area contributed by atoms with Crippen LogP contribution in [0.25, 0.3) is 0 Å². The summed E-state index contributed by atoms with van der Waals surface area (Å²) >= 11 is 0. The normalized spacial score (nSPS) is 21.9. The molecular weight excluding hydrogens is 314 g/mol. The first kappa shape index (κ1) is 18.0. The summed E-state index contributed by atoms with van der Waals surface area (Å²) in [4.78, 5) is 17.0. The van der Waals surface area contributed by atoms with Crippen LogP contribution in [0.1, 0.15) is 19.3 Å². The lowest BCUT2D eigenvalue weighted by molar-refractivity contribution is -0.120. The quantitative estimate of drug-likeness (QED) is 0.807. The Kier molecular flexibility index (Phi) is 6.48. The van der Waals surface area contributed by atoms with Gasteiger partial charge in [0, 0.05) is 44.3 Å². The fourth-order valence-corrected chi connectivity index (χ4v) is 3.27. The summed E-state index contributed by atoms with van der Waals surface area (Å²) in [6.07, 6.45) is 7.04. The topological polar surface area (TPSA) is 44.8 Å². The SMILES string of the molecule is CN1CCN(CCOc2ccc(NC(=O)C3CC=CCC3)cc2)CC1. The largest absolute Gasteiger partial charge is 0.492 e. The lowest BCUT2D eigenvalue weighted by Crippen LogP contribution is -2.45. The lowest BCUT2D eigenvalue weighted by Gasteiger charge is -2.32. The maximum atomic E-state index is 12.2. The number of piperazine rings is 1. The number of anilines is 1. The van der Waals surface area contributed by atoms with E-state index in [0.717, 1.165) is 63.4 Å². The molecule has 1 heterocycles. The summed E-state index contributed by atoms with van der Waals surface area (Å²) in [5.74, 6) is 1.07. The van der Waals surface area contributed by atoms with Gasteiger partial charge in [-0.1, -0.05) is 12.2 Å². The number of nitrogens with one attached hydrogen (secondary N) is 1. The number of rotatable bonds is 6. The van der Waals surface area contributed by atoms with Gasteiger partial charge in [-0.2, -0.15) is 0 Å². The van der Waals surface area contributed by atoms with E-state index < -0.39 is 0 Å². The Balaban J connectivity index is 1.39. The van der Waals surface area contributed by atoms with E-state index in [4.69, 9.17) is 4.74 Å². The summed E-state index contributed by atoms with van der Waals surface area (Å²) in [6, 6.07) is 7.70. The van der Waals surface area contributed by atoms with Crippen LogP contribution in [0.5, 0.6) is 5.75 Å². The average molecular weight is 343 g/mol.